The first-order chi connectivity index (χ1) is 17.6. The highest BCUT2D eigenvalue weighted by molar-refractivity contribution is 6.74. The summed E-state index contributed by atoms with van der Waals surface area (Å²) in [5, 5.41) is 0.193. The van der Waals surface area contributed by atoms with Gasteiger partial charge in [-0.1, -0.05) is 70.8 Å². The van der Waals surface area contributed by atoms with Gasteiger partial charge in [-0.3, -0.25) is 4.79 Å². The molecule has 5 heteroatoms. The van der Waals surface area contributed by atoms with Crippen LogP contribution in [-0.4, -0.2) is 39.7 Å². The van der Waals surface area contributed by atoms with Gasteiger partial charge in [-0.15, -0.1) is 0 Å². The summed E-state index contributed by atoms with van der Waals surface area (Å²) in [5.41, 5.74) is 1.58. The molecule has 0 aromatic rings. The van der Waals surface area contributed by atoms with Crippen molar-refractivity contribution in [2.75, 3.05) is 13.2 Å². The van der Waals surface area contributed by atoms with Crippen molar-refractivity contribution in [1.82, 2.24) is 0 Å². The summed E-state index contributed by atoms with van der Waals surface area (Å²) in [7, 11) is -1.86. The van der Waals surface area contributed by atoms with E-state index in [1.807, 2.05) is 0 Å². The molecule has 0 aromatic carbocycles. The number of Topliss-reactive ketones (excluding diaryl/α,β-unsaturated/α-hetero) is 1. The van der Waals surface area contributed by atoms with Crippen molar-refractivity contribution in [2.24, 2.45) is 17.8 Å². The minimum Gasteiger partial charge on any atom is -0.411 e. The van der Waals surface area contributed by atoms with E-state index in [1.54, 1.807) is 5.57 Å². The Kier molecular flexibility index (Phi) is 12.1. The normalized spacial score (nSPS) is 28.9. The van der Waals surface area contributed by atoms with Crippen LogP contribution in [0.4, 0.5) is 0 Å². The van der Waals surface area contributed by atoms with Crippen molar-refractivity contribution < 1.29 is 18.7 Å². The third-order valence-electron chi connectivity index (χ3n) is 9.27. The van der Waals surface area contributed by atoms with Crippen LogP contribution in [0.15, 0.2) is 23.8 Å². The van der Waals surface area contributed by atoms with Gasteiger partial charge in [-0.25, -0.2) is 0 Å². The van der Waals surface area contributed by atoms with Crippen LogP contribution in [0.25, 0.3) is 0 Å². The molecule has 3 aliphatic rings. The number of rotatable bonds is 14. The summed E-state index contributed by atoms with van der Waals surface area (Å²) >= 11 is 0. The zero-order valence-electron chi connectivity index (χ0n) is 24.9. The molecule has 0 aromatic heterocycles. The lowest BCUT2D eigenvalue weighted by Gasteiger charge is -2.38. The largest absolute Gasteiger partial charge is 0.411 e. The van der Waals surface area contributed by atoms with Crippen LogP contribution in [-0.2, 0) is 18.7 Å². The molecule has 1 saturated heterocycles. The third-order valence-corrected chi connectivity index (χ3v) is 13.8. The number of unbranched alkanes of at least 4 members (excludes halogenated alkanes) is 4. The van der Waals surface area contributed by atoms with Gasteiger partial charge in [0, 0.05) is 25.6 Å². The molecule has 0 spiro atoms. The van der Waals surface area contributed by atoms with E-state index in [0.717, 1.165) is 64.6 Å². The van der Waals surface area contributed by atoms with Crippen molar-refractivity contribution in [1.29, 1.82) is 0 Å². The molecular weight excluding hydrogens is 476 g/mol. The van der Waals surface area contributed by atoms with Gasteiger partial charge >= 0.3 is 0 Å². The van der Waals surface area contributed by atoms with E-state index in [0.29, 0.717) is 17.6 Å². The maximum atomic E-state index is 12.9. The first kappa shape index (κ1) is 30.8. The maximum absolute atomic E-state index is 12.9. The molecule has 5 atom stereocenters. The molecule has 3 fully saturated rings. The van der Waals surface area contributed by atoms with Gasteiger partial charge in [0.25, 0.3) is 0 Å². The van der Waals surface area contributed by atoms with Crippen molar-refractivity contribution in [2.45, 2.75) is 142 Å². The number of hydrogen-bond donors (Lipinski definition) is 0. The SMILES string of the molecule is CCCCCC(/C=C/[C@H]1C(=O)C[C@@H]2C/C(=C\CCCCOC3CCCCO3)C[C@@H]21)O[Si](C)(C)C(C)(C)C. The molecule has 0 N–H and O–H groups in total. The molecule has 2 saturated carbocycles. The highest BCUT2D eigenvalue weighted by Crippen LogP contribution is 2.49. The molecule has 212 valence electrons. The second-order valence-corrected chi connectivity index (χ2v) is 18.1. The van der Waals surface area contributed by atoms with Crippen LogP contribution >= 0.6 is 0 Å². The lowest BCUT2D eigenvalue weighted by atomic mass is 9.90. The van der Waals surface area contributed by atoms with Crippen LogP contribution in [0.2, 0.25) is 18.1 Å². The second-order valence-electron chi connectivity index (χ2n) is 13.4. The fourth-order valence-corrected chi connectivity index (χ4v) is 7.24. The van der Waals surface area contributed by atoms with Crippen LogP contribution in [0.1, 0.15) is 111 Å². The topological polar surface area (TPSA) is 44.8 Å². The predicted molar refractivity (Wildman–Crippen MR) is 156 cm³/mol. The van der Waals surface area contributed by atoms with Crippen molar-refractivity contribution in [3.8, 4) is 0 Å². The van der Waals surface area contributed by atoms with E-state index in [1.165, 1.54) is 32.1 Å². The van der Waals surface area contributed by atoms with Gasteiger partial charge < -0.3 is 13.9 Å². The molecule has 2 unspecified atom stereocenters. The number of hydrogen-bond acceptors (Lipinski definition) is 4. The van der Waals surface area contributed by atoms with E-state index in [2.05, 4.69) is 59.0 Å². The third kappa shape index (κ3) is 9.44. The summed E-state index contributed by atoms with van der Waals surface area (Å²) < 4.78 is 18.3. The van der Waals surface area contributed by atoms with Gasteiger partial charge in [-0.05, 0) is 87.8 Å². The Labute approximate surface area is 229 Å². The quantitative estimate of drug-likeness (QED) is 0.127. The number of ether oxygens (including phenoxy) is 2. The Hall–Kier alpha value is -0.753. The van der Waals surface area contributed by atoms with Crippen molar-refractivity contribution in [3.63, 3.8) is 0 Å². The van der Waals surface area contributed by atoms with Crippen molar-refractivity contribution >= 4 is 14.1 Å². The van der Waals surface area contributed by atoms with Gasteiger partial charge in [0.05, 0.1) is 6.10 Å². The Morgan fingerprint density at radius 2 is 1.89 bits per heavy atom. The first-order valence-corrected chi connectivity index (χ1v) is 18.3. The molecule has 0 bridgehead atoms. The van der Waals surface area contributed by atoms with Crippen molar-refractivity contribution in [3.05, 3.63) is 23.8 Å². The number of carbonyl (C=O) groups is 1. The molecule has 1 aliphatic heterocycles. The fraction of sp³-hybridized carbons (Fsp3) is 0.844. The van der Waals surface area contributed by atoms with Gasteiger partial charge in [0.15, 0.2) is 14.6 Å². The summed E-state index contributed by atoms with van der Waals surface area (Å²) in [6.45, 7) is 15.5. The molecule has 0 amide bonds. The molecule has 0 radical (unpaired) electrons. The zero-order valence-corrected chi connectivity index (χ0v) is 25.9. The number of carbonyl (C=O) groups excluding carboxylic acids is 1. The van der Waals surface area contributed by atoms with Crippen LogP contribution in [0.3, 0.4) is 0 Å². The number of ketones is 1. The van der Waals surface area contributed by atoms with Gasteiger partial charge in [0.1, 0.15) is 5.78 Å². The van der Waals surface area contributed by atoms with Gasteiger partial charge in [-0.2, -0.15) is 0 Å². The minimum absolute atomic E-state index is 0.0300. The standard InChI is InChI=1S/C32H56O4Si/c1-7-8-10-16-27(36-37(5,6)32(2,3)4)18-19-28-29-23-25(22-26(29)24-30(28)33)15-11-9-13-20-34-31-17-12-14-21-35-31/h15,18-19,26-29,31H,7-14,16-17,20-24H2,1-6H3/b19-18+,25-15+/t26-,27?,28+,29-,31?/m0/s1. The maximum Gasteiger partial charge on any atom is 0.192 e. The highest BCUT2D eigenvalue weighted by atomic mass is 28.4. The Morgan fingerprint density at radius 3 is 2.59 bits per heavy atom. The predicted octanol–water partition coefficient (Wildman–Crippen LogP) is 8.77. The van der Waals surface area contributed by atoms with E-state index >= 15 is 0 Å². The molecule has 1 heterocycles. The molecule has 2 aliphatic carbocycles. The van der Waals surface area contributed by atoms with Crippen LogP contribution in [0, 0.1) is 17.8 Å². The average Bonchev–Trinajstić information content (AvgIpc) is 3.35. The van der Waals surface area contributed by atoms with E-state index in [-0.39, 0.29) is 23.4 Å². The van der Waals surface area contributed by atoms with Gasteiger partial charge in [0.2, 0.25) is 0 Å². The lowest BCUT2D eigenvalue weighted by Crippen LogP contribution is -2.43. The number of fused-ring (bicyclic) bond motifs is 1. The summed E-state index contributed by atoms with van der Waals surface area (Å²) in [6.07, 6.45) is 21.7. The minimum atomic E-state index is -1.86. The lowest BCUT2D eigenvalue weighted by molar-refractivity contribution is -0.162. The zero-order chi connectivity index (χ0) is 26.9. The molecule has 4 nitrogen and oxygen atoms in total. The summed E-state index contributed by atoms with van der Waals surface area (Å²) in [4.78, 5) is 12.9. The Balaban J connectivity index is 1.49. The van der Waals surface area contributed by atoms with E-state index < -0.39 is 8.32 Å². The summed E-state index contributed by atoms with van der Waals surface area (Å²) in [6, 6.07) is 0. The molecule has 3 rings (SSSR count). The van der Waals surface area contributed by atoms with E-state index in [9.17, 15) is 4.79 Å². The van der Waals surface area contributed by atoms with Crippen LogP contribution in [0.5, 0.6) is 0 Å². The Morgan fingerprint density at radius 1 is 1.08 bits per heavy atom. The van der Waals surface area contributed by atoms with Crippen LogP contribution < -0.4 is 0 Å². The summed E-state index contributed by atoms with van der Waals surface area (Å²) in [5.74, 6) is 1.56. The average molecular weight is 533 g/mol. The Bertz CT molecular complexity index is 759. The molecular formula is C32H56O4Si. The van der Waals surface area contributed by atoms with E-state index in [4.69, 9.17) is 13.9 Å². The molecule has 37 heavy (non-hydrogen) atoms. The monoisotopic (exact) mass is 532 g/mol. The highest BCUT2D eigenvalue weighted by Gasteiger charge is 2.45. The first-order valence-electron chi connectivity index (χ1n) is 15.4. The fourth-order valence-electron chi connectivity index (χ4n) is 5.93. The second kappa shape index (κ2) is 14.6. The smallest absolute Gasteiger partial charge is 0.192 e. The number of allylic oxidation sites excluding steroid dienone is 3.